The lowest BCUT2D eigenvalue weighted by atomic mass is 10.0. The Morgan fingerprint density at radius 3 is 2.53 bits per heavy atom. The van der Waals surface area contributed by atoms with Crippen LogP contribution in [-0.2, 0) is 0 Å². The number of rotatable bonds is 4. The zero-order valence-electron chi connectivity index (χ0n) is 8.67. The van der Waals surface area contributed by atoms with Crippen molar-refractivity contribution in [3.63, 3.8) is 0 Å². The van der Waals surface area contributed by atoms with Gasteiger partial charge in [0.15, 0.2) is 0 Å². The van der Waals surface area contributed by atoms with Crippen molar-refractivity contribution in [2.24, 2.45) is 0 Å². The topological polar surface area (TPSA) is 104 Å². The minimum absolute atomic E-state index is 0.0899. The van der Waals surface area contributed by atoms with E-state index in [2.05, 4.69) is 12.6 Å². The van der Waals surface area contributed by atoms with Crippen LogP contribution in [0, 0.1) is 5.82 Å². The predicted molar refractivity (Wildman–Crippen MR) is 62.6 cm³/mol. The second kappa shape index (κ2) is 5.35. The van der Waals surface area contributed by atoms with Crippen molar-refractivity contribution in [3.05, 3.63) is 29.1 Å². The molecule has 0 radical (unpaired) electrons. The van der Waals surface area contributed by atoms with E-state index in [4.69, 9.17) is 10.8 Å². The average molecular weight is 261 g/mol. The molecule has 17 heavy (non-hydrogen) atoms. The summed E-state index contributed by atoms with van der Waals surface area (Å²) in [6, 6.07) is 1.71. The molecule has 0 aliphatic carbocycles. The van der Waals surface area contributed by atoms with Crippen LogP contribution >= 0.6 is 12.6 Å². The van der Waals surface area contributed by atoms with Crippen molar-refractivity contribution in [1.82, 2.24) is 0 Å². The number of benzene rings is 1. The van der Waals surface area contributed by atoms with Crippen molar-refractivity contribution in [3.8, 4) is 0 Å². The Kier molecular flexibility index (Phi) is 4.33. The van der Waals surface area contributed by atoms with Gasteiger partial charge in [0.2, 0.25) is 0 Å². The third-order valence-electron chi connectivity index (χ3n) is 2.27. The van der Waals surface area contributed by atoms with E-state index in [-0.39, 0.29) is 22.6 Å². The van der Waals surface area contributed by atoms with Gasteiger partial charge in [-0.2, -0.15) is 12.6 Å². The molecule has 0 aliphatic heterocycles. The fourth-order valence-corrected chi connectivity index (χ4v) is 1.52. The van der Waals surface area contributed by atoms with Gasteiger partial charge in [-0.05, 0) is 12.1 Å². The summed E-state index contributed by atoms with van der Waals surface area (Å²) in [5.74, 6) is -2.30. The van der Waals surface area contributed by atoms with Gasteiger partial charge in [-0.25, -0.2) is 9.18 Å². The molecule has 5 N–H and O–H groups in total. The highest BCUT2D eigenvalue weighted by Crippen LogP contribution is 2.25. The first-order valence-corrected chi connectivity index (χ1v) is 5.31. The van der Waals surface area contributed by atoms with Gasteiger partial charge < -0.3 is 21.1 Å². The molecule has 1 aromatic rings. The highest BCUT2D eigenvalue weighted by molar-refractivity contribution is 7.80. The van der Waals surface area contributed by atoms with Crippen LogP contribution < -0.4 is 5.73 Å². The summed E-state index contributed by atoms with van der Waals surface area (Å²) in [6.07, 6.45) is -2.84. The molecule has 0 aliphatic rings. The van der Waals surface area contributed by atoms with Crippen LogP contribution in [-0.4, -0.2) is 33.1 Å². The van der Waals surface area contributed by atoms with Crippen LogP contribution in [0.25, 0.3) is 0 Å². The summed E-state index contributed by atoms with van der Waals surface area (Å²) in [6.45, 7) is 0. The molecule has 2 unspecified atom stereocenters. The second-order valence-electron chi connectivity index (χ2n) is 3.46. The van der Waals surface area contributed by atoms with Gasteiger partial charge in [0, 0.05) is 17.0 Å². The molecule has 5 nitrogen and oxygen atoms in total. The van der Waals surface area contributed by atoms with E-state index < -0.39 is 24.0 Å². The van der Waals surface area contributed by atoms with Crippen LogP contribution in [0.3, 0.4) is 0 Å². The molecule has 7 heteroatoms. The van der Waals surface area contributed by atoms with Gasteiger partial charge in [0.05, 0.1) is 11.7 Å². The molecule has 0 saturated carbocycles. The molecule has 2 atom stereocenters. The summed E-state index contributed by atoms with van der Waals surface area (Å²) in [7, 11) is 0. The minimum atomic E-state index is -1.55. The summed E-state index contributed by atoms with van der Waals surface area (Å²) in [5, 5.41) is 27.7. The Hall–Kier alpha value is -1.31. The van der Waals surface area contributed by atoms with Gasteiger partial charge in [-0.3, -0.25) is 0 Å². The third-order valence-corrected chi connectivity index (χ3v) is 2.64. The van der Waals surface area contributed by atoms with Crippen molar-refractivity contribution >= 4 is 24.3 Å². The first-order chi connectivity index (χ1) is 7.88. The van der Waals surface area contributed by atoms with Crippen LogP contribution in [0.5, 0.6) is 0 Å². The predicted octanol–water partition coefficient (Wildman–Crippen LogP) is 0.430. The SMILES string of the molecule is Nc1cc(F)c(C(O)C(O)CS)cc1C(=O)O. The number of carboxylic acid groups (broad SMARTS) is 1. The standard InChI is InChI=1S/C10H12FNO4S/c11-6-2-7(12)5(10(15)16)1-4(6)9(14)8(13)3-17/h1-2,8-9,13-14,17H,3,12H2,(H,15,16). The zero-order valence-corrected chi connectivity index (χ0v) is 9.56. The Morgan fingerprint density at radius 1 is 1.47 bits per heavy atom. The van der Waals surface area contributed by atoms with Crippen LogP contribution in [0.15, 0.2) is 12.1 Å². The van der Waals surface area contributed by atoms with E-state index in [1.54, 1.807) is 0 Å². The summed E-state index contributed by atoms with van der Waals surface area (Å²) < 4.78 is 13.5. The van der Waals surface area contributed by atoms with Crippen molar-refractivity contribution in [2.75, 3.05) is 11.5 Å². The number of carbonyl (C=O) groups is 1. The number of carboxylic acids is 1. The average Bonchev–Trinajstić information content (AvgIpc) is 2.26. The molecule has 1 aromatic carbocycles. The van der Waals surface area contributed by atoms with Gasteiger partial charge in [0.25, 0.3) is 0 Å². The summed E-state index contributed by atoms with van der Waals surface area (Å²) in [4.78, 5) is 10.8. The van der Waals surface area contributed by atoms with E-state index >= 15 is 0 Å². The Labute approximate surface area is 102 Å². The maximum atomic E-state index is 13.5. The van der Waals surface area contributed by atoms with Crippen LogP contribution in [0.2, 0.25) is 0 Å². The molecular formula is C10H12FNO4S. The molecule has 0 spiro atoms. The monoisotopic (exact) mass is 261 g/mol. The number of hydrogen-bond donors (Lipinski definition) is 5. The Morgan fingerprint density at radius 2 is 2.06 bits per heavy atom. The molecule has 1 rings (SSSR count). The maximum Gasteiger partial charge on any atom is 0.337 e. The molecule has 0 bridgehead atoms. The number of thiol groups is 1. The number of hydrogen-bond acceptors (Lipinski definition) is 5. The maximum absolute atomic E-state index is 13.5. The smallest absolute Gasteiger partial charge is 0.337 e. The number of anilines is 1. The number of aromatic carboxylic acids is 1. The first-order valence-electron chi connectivity index (χ1n) is 4.67. The number of nitrogens with two attached hydrogens (primary N) is 1. The van der Waals surface area contributed by atoms with E-state index in [0.717, 1.165) is 12.1 Å². The lowest BCUT2D eigenvalue weighted by Crippen LogP contribution is -2.21. The van der Waals surface area contributed by atoms with Gasteiger partial charge >= 0.3 is 5.97 Å². The lowest BCUT2D eigenvalue weighted by Gasteiger charge is -2.17. The number of aliphatic hydroxyl groups excluding tert-OH is 2. The fourth-order valence-electron chi connectivity index (χ4n) is 1.32. The van der Waals surface area contributed by atoms with Gasteiger partial charge in [0.1, 0.15) is 11.9 Å². The Bertz CT molecular complexity index is 441. The molecule has 0 amide bonds. The van der Waals surface area contributed by atoms with Gasteiger partial charge in [-0.1, -0.05) is 0 Å². The molecular weight excluding hydrogens is 249 g/mol. The van der Waals surface area contributed by atoms with E-state index in [1.165, 1.54) is 0 Å². The quantitative estimate of drug-likeness (QED) is 0.399. The zero-order chi connectivity index (χ0) is 13.2. The largest absolute Gasteiger partial charge is 0.478 e. The number of aliphatic hydroxyl groups is 2. The molecule has 0 aromatic heterocycles. The van der Waals surface area contributed by atoms with Crippen molar-refractivity contribution in [1.29, 1.82) is 0 Å². The van der Waals surface area contributed by atoms with E-state index in [1.807, 2.05) is 0 Å². The van der Waals surface area contributed by atoms with E-state index in [0.29, 0.717) is 0 Å². The van der Waals surface area contributed by atoms with Gasteiger partial charge in [-0.15, -0.1) is 0 Å². The van der Waals surface area contributed by atoms with E-state index in [9.17, 15) is 19.4 Å². The lowest BCUT2D eigenvalue weighted by molar-refractivity contribution is 0.0314. The highest BCUT2D eigenvalue weighted by atomic mass is 32.1. The van der Waals surface area contributed by atoms with Crippen molar-refractivity contribution in [2.45, 2.75) is 12.2 Å². The number of nitrogen functional groups attached to an aromatic ring is 1. The normalized spacial score (nSPS) is 14.4. The third kappa shape index (κ3) is 2.87. The molecule has 94 valence electrons. The Balaban J connectivity index is 3.24. The highest BCUT2D eigenvalue weighted by Gasteiger charge is 2.23. The minimum Gasteiger partial charge on any atom is -0.478 e. The first kappa shape index (κ1) is 13.8. The molecule has 0 fully saturated rings. The van der Waals surface area contributed by atoms with Crippen LogP contribution in [0.1, 0.15) is 22.0 Å². The van der Waals surface area contributed by atoms with Crippen molar-refractivity contribution < 1.29 is 24.5 Å². The summed E-state index contributed by atoms with van der Waals surface area (Å²) >= 11 is 3.75. The molecule has 0 heterocycles. The summed E-state index contributed by atoms with van der Waals surface area (Å²) in [5.41, 5.74) is 4.43. The molecule has 0 saturated heterocycles. The number of halogens is 1. The fraction of sp³-hybridized carbons (Fsp3) is 0.300. The second-order valence-corrected chi connectivity index (χ2v) is 3.83. The van der Waals surface area contributed by atoms with Crippen LogP contribution in [0.4, 0.5) is 10.1 Å².